The van der Waals surface area contributed by atoms with Crippen LogP contribution in [0.15, 0.2) is 36.8 Å². The van der Waals surface area contributed by atoms with Crippen molar-refractivity contribution >= 4 is 0 Å². The van der Waals surface area contributed by atoms with Crippen molar-refractivity contribution in [3.63, 3.8) is 0 Å². The van der Waals surface area contributed by atoms with Crippen LogP contribution in [0.3, 0.4) is 0 Å². The van der Waals surface area contributed by atoms with E-state index in [1.54, 1.807) is 12.4 Å². The smallest absolute Gasteiger partial charge is 0.157 e. The second-order valence-corrected chi connectivity index (χ2v) is 8.29. The predicted octanol–water partition coefficient (Wildman–Crippen LogP) is 3.99. The topological polar surface area (TPSA) is 74.3 Å². The highest BCUT2D eigenvalue weighted by atomic mass is 19.1. The molecule has 0 unspecified atom stereocenters. The van der Waals surface area contributed by atoms with Crippen molar-refractivity contribution in [3.05, 3.63) is 70.9 Å². The summed E-state index contributed by atoms with van der Waals surface area (Å²) in [5.74, 6) is 1.07. The lowest BCUT2D eigenvalue weighted by molar-refractivity contribution is 0.543. The van der Waals surface area contributed by atoms with E-state index in [-0.39, 0.29) is 5.82 Å². The van der Waals surface area contributed by atoms with E-state index in [0.29, 0.717) is 18.0 Å². The first kappa shape index (κ1) is 19.5. The highest BCUT2D eigenvalue weighted by Gasteiger charge is 2.26. The average Bonchev–Trinajstić information content (AvgIpc) is 3.44. The molecule has 4 heterocycles. The van der Waals surface area contributed by atoms with Crippen molar-refractivity contribution in [2.45, 2.75) is 46.6 Å². The Bertz CT molecular complexity index is 1240. The molecule has 0 atom stereocenters. The van der Waals surface area contributed by atoms with Gasteiger partial charge in [0.15, 0.2) is 5.82 Å². The molecule has 5 rings (SSSR count). The Hall–Kier alpha value is -3.42. The fourth-order valence-electron chi connectivity index (χ4n) is 3.90. The Balaban J connectivity index is 1.51. The summed E-state index contributed by atoms with van der Waals surface area (Å²) in [5, 5.41) is 9.39. The van der Waals surface area contributed by atoms with Crippen LogP contribution in [0.5, 0.6) is 0 Å². The first-order chi connectivity index (χ1) is 15.0. The largest absolute Gasteiger partial charge is 0.268 e. The standard InChI is InChI=1S/C23H24FN7/c1-14-8-15(2)31(28-14)22-10-19(26-13-27-22)9-21-16(3)23(20-7-6-18(24)11-25-20)29-30(21)12-17-4-5-17/h6-8,10-11,13,17H,4-5,9,12H2,1-3H3. The summed E-state index contributed by atoms with van der Waals surface area (Å²) >= 11 is 0. The van der Waals surface area contributed by atoms with E-state index in [1.165, 1.54) is 25.1 Å². The van der Waals surface area contributed by atoms with Gasteiger partial charge in [-0.15, -0.1) is 0 Å². The van der Waals surface area contributed by atoms with Gasteiger partial charge in [-0.05, 0) is 57.7 Å². The summed E-state index contributed by atoms with van der Waals surface area (Å²) in [6, 6.07) is 7.11. The molecule has 0 bridgehead atoms. The molecule has 0 aromatic carbocycles. The summed E-state index contributed by atoms with van der Waals surface area (Å²) in [6.45, 7) is 6.91. The number of rotatable bonds is 6. The summed E-state index contributed by atoms with van der Waals surface area (Å²) in [4.78, 5) is 13.2. The SMILES string of the molecule is Cc1cc(C)n(-c2cc(Cc3c(C)c(-c4ccc(F)cn4)nn3CC3CC3)ncn2)n1. The Kier molecular flexibility index (Phi) is 4.84. The molecular weight excluding hydrogens is 393 g/mol. The number of pyridine rings is 1. The van der Waals surface area contributed by atoms with Crippen LogP contribution >= 0.6 is 0 Å². The van der Waals surface area contributed by atoms with Gasteiger partial charge in [0.05, 0.1) is 23.3 Å². The molecule has 7 nitrogen and oxygen atoms in total. The molecule has 0 N–H and O–H groups in total. The number of nitrogens with zero attached hydrogens (tertiary/aromatic N) is 7. The van der Waals surface area contributed by atoms with Crippen LogP contribution in [0.1, 0.15) is 41.2 Å². The van der Waals surface area contributed by atoms with Gasteiger partial charge in [0.25, 0.3) is 0 Å². The summed E-state index contributed by atoms with van der Waals surface area (Å²) < 4.78 is 17.3. The molecular formula is C23H24FN7. The second-order valence-electron chi connectivity index (χ2n) is 8.29. The molecule has 1 aliphatic carbocycles. The molecule has 0 aliphatic heterocycles. The molecule has 31 heavy (non-hydrogen) atoms. The minimum Gasteiger partial charge on any atom is -0.268 e. The Labute approximate surface area is 180 Å². The van der Waals surface area contributed by atoms with Crippen LogP contribution in [0.2, 0.25) is 0 Å². The van der Waals surface area contributed by atoms with E-state index in [1.807, 2.05) is 30.7 Å². The minimum absolute atomic E-state index is 0.350. The molecule has 0 saturated heterocycles. The number of hydrogen-bond donors (Lipinski definition) is 0. The molecule has 4 aromatic heterocycles. The van der Waals surface area contributed by atoms with Gasteiger partial charge in [0.1, 0.15) is 17.8 Å². The Morgan fingerprint density at radius 2 is 1.87 bits per heavy atom. The maximum Gasteiger partial charge on any atom is 0.157 e. The number of aromatic nitrogens is 7. The Morgan fingerprint density at radius 1 is 1.03 bits per heavy atom. The van der Waals surface area contributed by atoms with E-state index >= 15 is 0 Å². The van der Waals surface area contributed by atoms with Gasteiger partial charge in [-0.25, -0.2) is 19.0 Å². The van der Waals surface area contributed by atoms with Gasteiger partial charge >= 0.3 is 0 Å². The van der Waals surface area contributed by atoms with Crippen LogP contribution in [-0.2, 0) is 13.0 Å². The highest BCUT2D eigenvalue weighted by Crippen LogP contribution is 2.33. The third kappa shape index (κ3) is 3.97. The molecule has 1 aliphatic rings. The molecule has 1 fully saturated rings. The highest BCUT2D eigenvalue weighted by molar-refractivity contribution is 5.60. The quantitative estimate of drug-likeness (QED) is 0.474. The molecule has 0 radical (unpaired) electrons. The lowest BCUT2D eigenvalue weighted by Crippen LogP contribution is -2.10. The van der Waals surface area contributed by atoms with Gasteiger partial charge < -0.3 is 0 Å². The fourth-order valence-corrected chi connectivity index (χ4v) is 3.90. The van der Waals surface area contributed by atoms with Gasteiger partial charge in [-0.3, -0.25) is 9.67 Å². The van der Waals surface area contributed by atoms with Gasteiger partial charge in [-0.2, -0.15) is 10.2 Å². The van der Waals surface area contributed by atoms with Crippen molar-refractivity contribution < 1.29 is 4.39 Å². The maximum atomic E-state index is 13.4. The summed E-state index contributed by atoms with van der Waals surface area (Å²) in [6.07, 6.45) is 5.91. The van der Waals surface area contributed by atoms with Crippen molar-refractivity contribution in [1.82, 2.24) is 34.5 Å². The molecule has 4 aromatic rings. The zero-order valence-corrected chi connectivity index (χ0v) is 17.9. The normalized spacial score (nSPS) is 13.7. The van der Waals surface area contributed by atoms with Crippen molar-refractivity contribution in [3.8, 4) is 17.2 Å². The van der Waals surface area contributed by atoms with Gasteiger partial charge in [0, 0.05) is 36.0 Å². The van der Waals surface area contributed by atoms with Crippen LogP contribution in [0.4, 0.5) is 4.39 Å². The predicted molar refractivity (Wildman–Crippen MR) is 114 cm³/mol. The lowest BCUT2D eigenvalue weighted by atomic mass is 10.1. The molecule has 158 valence electrons. The lowest BCUT2D eigenvalue weighted by Gasteiger charge is -2.09. The number of aryl methyl sites for hydroxylation is 2. The molecule has 1 saturated carbocycles. The first-order valence-corrected chi connectivity index (χ1v) is 10.5. The number of hydrogen-bond acceptors (Lipinski definition) is 5. The van der Waals surface area contributed by atoms with Crippen LogP contribution in [0.25, 0.3) is 17.2 Å². The molecule has 0 spiro atoms. The minimum atomic E-state index is -0.350. The maximum absolute atomic E-state index is 13.4. The summed E-state index contributed by atoms with van der Waals surface area (Å²) in [5.41, 5.74) is 6.51. The van der Waals surface area contributed by atoms with Crippen molar-refractivity contribution in [1.29, 1.82) is 0 Å². The third-order valence-corrected chi connectivity index (χ3v) is 5.70. The Morgan fingerprint density at radius 3 is 2.55 bits per heavy atom. The monoisotopic (exact) mass is 417 g/mol. The fraction of sp³-hybridized carbons (Fsp3) is 0.348. The number of halogens is 1. The van der Waals surface area contributed by atoms with E-state index in [9.17, 15) is 4.39 Å². The third-order valence-electron chi connectivity index (χ3n) is 5.70. The summed E-state index contributed by atoms with van der Waals surface area (Å²) in [7, 11) is 0. The average molecular weight is 417 g/mol. The molecule has 8 heteroatoms. The van der Waals surface area contributed by atoms with E-state index in [0.717, 1.165) is 46.4 Å². The van der Waals surface area contributed by atoms with Crippen LogP contribution < -0.4 is 0 Å². The van der Waals surface area contributed by atoms with Crippen molar-refractivity contribution in [2.24, 2.45) is 5.92 Å². The van der Waals surface area contributed by atoms with E-state index < -0.39 is 0 Å². The zero-order chi connectivity index (χ0) is 21.5. The van der Waals surface area contributed by atoms with E-state index in [2.05, 4.69) is 31.7 Å². The van der Waals surface area contributed by atoms with Crippen LogP contribution in [-0.4, -0.2) is 34.5 Å². The molecule has 0 amide bonds. The van der Waals surface area contributed by atoms with Crippen molar-refractivity contribution in [2.75, 3.05) is 0 Å². The van der Waals surface area contributed by atoms with E-state index in [4.69, 9.17) is 5.10 Å². The first-order valence-electron chi connectivity index (χ1n) is 10.5. The van der Waals surface area contributed by atoms with Crippen LogP contribution in [0, 0.1) is 32.5 Å². The van der Waals surface area contributed by atoms with Gasteiger partial charge in [-0.1, -0.05) is 0 Å². The zero-order valence-electron chi connectivity index (χ0n) is 17.9. The second kappa shape index (κ2) is 7.68. The van der Waals surface area contributed by atoms with Gasteiger partial charge in [0.2, 0.25) is 0 Å².